The molecule has 1 aliphatic rings. The van der Waals surface area contributed by atoms with E-state index in [0.717, 1.165) is 0 Å². The Balaban J connectivity index is 2.81. The number of hydrogen-bond acceptors (Lipinski definition) is 2. The quantitative estimate of drug-likeness (QED) is 0.763. The lowest BCUT2D eigenvalue weighted by molar-refractivity contribution is 0.309. The Hall–Kier alpha value is -0.318. The fourth-order valence-corrected chi connectivity index (χ4v) is 6.89. The van der Waals surface area contributed by atoms with Crippen molar-refractivity contribution >= 4 is 15.1 Å². The lowest BCUT2D eigenvalue weighted by atomic mass is 9.57. The number of hydrogen-bond donors (Lipinski definition) is 1. The summed E-state index contributed by atoms with van der Waals surface area (Å²) in [6.07, 6.45) is 4.88. The maximum atomic E-state index is 3.88. The standard InChI is InChI=1S/C17H35BN2Si/c1-14(2)20(15(3)4)18-12-10-16(11-13-18)21(8,9)19-17(5,6)7/h10-16,19H,1-9H3. The summed E-state index contributed by atoms with van der Waals surface area (Å²) in [5, 5.41) is 0. The van der Waals surface area contributed by atoms with E-state index in [2.05, 4.69) is 95.5 Å². The van der Waals surface area contributed by atoms with Crippen LogP contribution in [-0.4, -0.2) is 37.5 Å². The Morgan fingerprint density at radius 2 is 1.43 bits per heavy atom. The van der Waals surface area contributed by atoms with Crippen molar-refractivity contribution in [1.29, 1.82) is 0 Å². The molecular weight excluding hydrogens is 271 g/mol. The van der Waals surface area contributed by atoms with E-state index in [9.17, 15) is 0 Å². The van der Waals surface area contributed by atoms with Crippen LogP contribution in [0.1, 0.15) is 48.5 Å². The summed E-state index contributed by atoms with van der Waals surface area (Å²) in [7, 11) is -1.50. The van der Waals surface area contributed by atoms with E-state index in [1.54, 1.807) is 0 Å². The van der Waals surface area contributed by atoms with E-state index in [1.165, 1.54) is 0 Å². The molecular formula is C17H35BN2Si. The Labute approximate surface area is 134 Å². The van der Waals surface area contributed by atoms with Crippen molar-refractivity contribution in [2.24, 2.45) is 0 Å². The molecule has 1 rings (SSSR count). The van der Waals surface area contributed by atoms with Crippen LogP contribution in [0.5, 0.6) is 0 Å². The van der Waals surface area contributed by atoms with Gasteiger partial charge in [-0.1, -0.05) is 64.9 Å². The number of allylic oxidation sites excluding steroid dienone is 2. The van der Waals surface area contributed by atoms with Crippen molar-refractivity contribution in [3.05, 3.63) is 24.1 Å². The Kier molecular flexibility index (Phi) is 6.10. The summed E-state index contributed by atoms with van der Waals surface area (Å²) < 4.78 is 0. The highest BCUT2D eigenvalue weighted by molar-refractivity contribution is 6.78. The largest absolute Gasteiger partial charge is 0.332 e. The highest BCUT2D eigenvalue weighted by Crippen LogP contribution is 2.28. The molecule has 120 valence electrons. The maximum absolute atomic E-state index is 3.88. The van der Waals surface area contributed by atoms with E-state index in [0.29, 0.717) is 24.5 Å². The number of rotatable bonds is 5. The van der Waals surface area contributed by atoms with Gasteiger partial charge in [-0.15, -0.1) is 0 Å². The maximum Gasteiger partial charge on any atom is 0.276 e. The Morgan fingerprint density at radius 3 is 1.76 bits per heavy atom. The molecule has 0 fully saturated rings. The first-order valence-electron chi connectivity index (χ1n) is 8.37. The third-order valence-electron chi connectivity index (χ3n) is 4.10. The summed E-state index contributed by atoms with van der Waals surface area (Å²) in [6, 6.07) is 1.14. The van der Waals surface area contributed by atoms with Crippen molar-refractivity contribution in [2.45, 2.75) is 84.7 Å². The molecule has 2 nitrogen and oxygen atoms in total. The van der Waals surface area contributed by atoms with E-state index in [4.69, 9.17) is 0 Å². The second-order valence-corrected chi connectivity index (χ2v) is 12.9. The van der Waals surface area contributed by atoms with Gasteiger partial charge in [-0.05, 0) is 32.9 Å². The van der Waals surface area contributed by atoms with Gasteiger partial charge in [0.15, 0.2) is 0 Å². The van der Waals surface area contributed by atoms with E-state index in [1.807, 2.05) is 0 Å². The third kappa shape index (κ3) is 5.42. The first kappa shape index (κ1) is 18.7. The molecule has 0 bridgehead atoms. The zero-order chi connectivity index (χ0) is 16.4. The highest BCUT2D eigenvalue weighted by atomic mass is 28.3. The second-order valence-electron chi connectivity index (χ2n) is 8.52. The van der Waals surface area contributed by atoms with Gasteiger partial charge in [-0.2, -0.15) is 0 Å². The van der Waals surface area contributed by atoms with Gasteiger partial charge in [-0.3, -0.25) is 0 Å². The summed E-state index contributed by atoms with van der Waals surface area (Å²) in [5.41, 5.74) is 0.769. The van der Waals surface area contributed by atoms with Gasteiger partial charge in [0.2, 0.25) is 0 Å². The second kappa shape index (κ2) is 6.84. The summed E-state index contributed by atoms with van der Waals surface area (Å²) in [5.74, 6) is 4.81. The van der Waals surface area contributed by atoms with Gasteiger partial charge in [0.25, 0.3) is 6.85 Å². The minimum Gasteiger partial charge on any atom is -0.332 e. The molecule has 0 atom stereocenters. The first-order chi connectivity index (χ1) is 9.44. The van der Waals surface area contributed by atoms with Crippen LogP contribution in [0.3, 0.4) is 0 Å². The van der Waals surface area contributed by atoms with Crippen LogP contribution in [0.25, 0.3) is 0 Å². The average Bonchev–Trinajstić information content (AvgIpc) is 2.25. The molecule has 1 aliphatic heterocycles. The van der Waals surface area contributed by atoms with Gasteiger partial charge in [0.1, 0.15) is 8.24 Å². The van der Waals surface area contributed by atoms with Crippen molar-refractivity contribution in [1.82, 2.24) is 9.79 Å². The molecule has 1 heterocycles. The van der Waals surface area contributed by atoms with Crippen LogP contribution in [0.15, 0.2) is 24.1 Å². The zero-order valence-electron chi connectivity index (χ0n) is 15.6. The van der Waals surface area contributed by atoms with Gasteiger partial charge in [-0.25, -0.2) is 0 Å². The molecule has 21 heavy (non-hydrogen) atoms. The van der Waals surface area contributed by atoms with Crippen molar-refractivity contribution in [3.8, 4) is 0 Å². The van der Waals surface area contributed by atoms with Gasteiger partial charge < -0.3 is 9.79 Å². The van der Waals surface area contributed by atoms with Crippen molar-refractivity contribution in [3.63, 3.8) is 0 Å². The van der Waals surface area contributed by atoms with Crippen molar-refractivity contribution in [2.75, 3.05) is 0 Å². The zero-order valence-corrected chi connectivity index (χ0v) is 16.6. The molecule has 0 saturated carbocycles. The van der Waals surface area contributed by atoms with Crippen molar-refractivity contribution < 1.29 is 0 Å². The van der Waals surface area contributed by atoms with E-state index in [-0.39, 0.29) is 5.54 Å². The van der Waals surface area contributed by atoms with E-state index >= 15 is 0 Å². The molecule has 0 saturated heterocycles. The third-order valence-corrected chi connectivity index (χ3v) is 7.54. The summed E-state index contributed by atoms with van der Waals surface area (Å²) in [4.78, 5) is 6.44. The van der Waals surface area contributed by atoms with Gasteiger partial charge in [0.05, 0.1) is 0 Å². The predicted octanol–water partition coefficient (Wildman–Crippen LogP) is 4.26. The molecule has 0 aromatic heterocycles. The Bertz CT molecular complexity index is 372. The van der Waals surface area contributed by atoms with Crippen LogP contribution in [0.2, 0.25) is 18.6 Å². The Morgan fingerprint density at radius 1 is 1.00 bits per heavy atom. The van der Waals surface area contributed by atoms with Crippen LogP contribution < -0.4 is 4.98 Å². The monoisotopic (exact) mass is 306 g/mol. The van der Waals surface area contributed by atoms with Gasteiger partial charge in [0, 0.05) is 11.1 Å². The fraction of sp³-hybridized carbons (Fsp3) is 0.765. The number of nitrogens with one attached hydrogen (secondary N) is 1. The molecule has 0 aromatic carbocycles. The topological polar surface area (TPSA) is 15.3 Å². The molecule has 1 N–H and O–H groups in total. The molecule has 0 amide bonds. The molecule has 4 heteroatoms. The lowest BCUT2D eigenvalue weighted by Gasteiger charge is -2.39. The smallest absolute Gasteiger partial charge is 0.276 e. The molecule has 0 radical (unpaired) electrons. The van der Waals surface area contributed by atoms with Crippen LogP contribution in [-0.2, 0) is 0 Å². The molecule has 0 unspecified atom stereocenters. The molecule has 0 aliphatic carbocycles. The SMILES string of the molecule is CC(C)N(B1C=CC([Si](C)(C)NC(C)(C)C)C=C1)C(C)C. The van der Waals surface area contributed by atoms with Crippen LogP contribution >= 0.6 is 0 Å². The number of nitrogens with zero attached hydrogens (tertiary/aromatic N) is 1. The molecule has 0 aromatic rings. The van der Waals surface area contributed by atoms with E-state index < -0.39 is 8.24 Å². The normalized spacial score (nSPS) is 17.6. The molecule has 0 spiro atoms. The summed E-state index contributed by atoms with van der Waals surface area (Å²) >= 11 is 0. The van der Waals surface area contributed by atoms with Crippen LogP contribution in [0, 0.1) is 0 Å². The fourth-order valence-electron chi connectivity index (χ4n) is 3.61. The predicted molar refractivity (Wildman–Crippen MR) is 100 cm³/mol. The highest BCUT2D eigenvalue weighted by Gasteiger charge is 2.35. The van der Waals surface area contributed by atoms with Crippen LogP contribution in [0.4, 0.5) is 0 Å². The lowest BCUT2D eigenvalue weighted by Crippen LogP contribution is -2.57. The summed E-state index contributed by atoms with van der Waals surface area (Å²) in [6.45, 7) is 21.2. The minimum atomic E-state index is -1.50. The van der Waals surface area contributed by atoms with Gasteiger partial charge >= 0.3 is 0 Å². The average molecular weight is 306 g/mol. The first-order valence-corrected chi connectivity index (χ1v) is 11.5. The minimum absolute atomic E-state index is 0.191.